The first kappa shape index (κ1) is 20.3. The van der Waals surface area contributed by atoms with Crippen molar-refractivity contribution in [2.75, 3.05) is 19.0 Å². The van der Waals surface area contributed by atoms with Gasteiger partial charge < -0.3 is 19.6 Å². The Bertz CT molecular complexity index is 673. The minimum absolute atomic E-state index is 0.175. The summed E-state index contributed by atoms with van der Waals surface area (Å²) in [6.45, 7) is 5.26. The molecule has 9 nitrogen and oxygen atoms in total. The highest BCUT2D eigenvalue weighted by Crippen LogP contribution is 2.23. The normalized spacial score (nSPS) is 19.2. The molecule has 0 radical (unpaired) electrons. The van der Waals surface area contributed by atoms with Crippen LogP contribution in [0, 0.1) is 0 Å². The number of hydrogen-bond acceptors (Lipinski definition) is 7. The molecule has 0 saturated carbocycles. The SMILES string of the molecule is COC(=O)[C@@H]1C[C@@H](Nc2ccccc2)CN1C(=O)ONC(=O)OC(C)(C)C. The van der Waals surface area contributed by atoms with E-state index in [9.17, 15) is 14.4 Å². The number of para-hydroxylation sites is 1. The fourth-order valence-corrected chi connectivity index (χ4v) is 2.71. The third-order valence-corrected chi connectivity index (χ3v) is 3.77. The summed E-state index contributed by atoms with van der Waals surface area (Å²) in [5, 5.41) is 3.26. The van der Waals surface area contributed by atoms with Crippen LogP contribution in [0.15, 0.2) is 30.3 Å². The fourth-order valence-electron chi connectivity index (χ4n) is 2.71. The van der Waals surface area contributed by atoms with Crippen LogP contribution in [0.4, 0.5) is 15.3 Å². The number of anilines is 1. The summed E-state index contributed by atoms with van der Waals surface area (Å²) in [6, 6.07) is 8.44. The smallest absolute Gasteiger partial charge is 0.441 e. The van der Waals surface area contributed by atoms with Crippen LogP contribution < -0.4 is 10.8 Å². The zero-order valence-corrected chi connectivity index (χ0v) is 15.9. The largest absolute Gasteiger partial charge is 0.467 e. The highest BCUT2D eigenvalue weighted by Gasteiger charge is 2.41. The van der Waals surface area contributed by atoms with E-state index in [0.29, 0.717) is 6.42 Å². The van der Waals surface area contributed by atoms with Gasteiger partial charge >= 0.3 is 18.2 Å². The lowest BCUT2D eigenvalue weighted by Gasteiger charge is -2.23. The monoisotopic (exact) mass is 379 g/mol. The number of carbonyl (C=O) groups is 3. The molecule has 0 spiro atoms. The fraction of sp³-hybridized carbons (Fsp3) is 0.500. The molecule has 2 rings (SSSR count). The number of rotatable bonds is 3. The summed E-state index contributed by atoms with van der Waals surface area (Å²) in [4.78, 5) is 42.0. The van der Waals surface area contributed by atoms with Crippen LogP contribution in [0.5, 0.6) is 0 Å². The van der Waals surface area contributed by atoms with Gasteiger partial charge in [-0.2, -0.15) is 0 Å². The lowest BCUT2D eigenvalue weighted by Crippen LogP contribution is -2.44. The molecular formula is C18H25N3O6. The van der Waals surface area contributed by atoms with E-state index in [1.807, 2.05) is 35.8 Å². The minimum Gasteiger partial charge on any atom is -0.467 e. The molecule has 2 N–H and O–H groups in total. The van der Waals surface area contributed by atoms with Gasteiger partial charge in [0.25, 0.3) is 0 Å². The maximum Gasteiger partial charge on any atom is 0.441 e. The molecule has 0 bridgehead atoms. The summed E-state index contributed by atoms with van der Waals surface area (Å²) in [7, 11) is 1.25. The quantitative estimate of drug-likeness (QED) is 0.471. The van der Waals surface area contributed by atoms with E-state index >= 15 is 0 Å². The number of methoxy groups -OCH3 is 1. The number of hydroxylamine groups is 1. The molecule has 1 aromatic carbocycles. The first-order chi connectivity index (χ1) is 12.7. The summed E-state index contributed by atoms with van der Waals surface area (Å²) in [5.74, 6) is -0.554. The highest BCUT2D eigenvalue weighted by atomic mass is 16.7. The Balaban J connectivity index is 1.98. The van der Waals surface area contributed by atoms with Gasteiger partial charge in [-0.3, -0.25) is 4.90 Å². The molecule has 1 aliphatic heterocycles. The average Bonchev–Trinajstić information content (AvgIpc) is 3.02. The van der Waals surface area contributed by atoms with Crippen molar-refractivity contribution in [3.8, 4) is 0 Å². The molecule has 2 atom stereocenters. The van der Waals surface area contributed by atoms with Gasteiger partial charge in [0.2, 0.25) is 0 Å². The van der Waals surface area contributed by atoms with Crippen LogP contribution in [0.25, 0.3) is 0 Å². The number of benzene rings is 1. The van der Waals surface area contributed by atoms with Gasteiger partial charge in [-0.05, 0) is 32.9 Å². The standard InChI is InChI=1S/C18H25N3O6/c1-18(2,3)26-16(23)20-27-17(24)21-11-13(10-14(21)15(22)25-4)19-12-8-6-5-7-9-12/h5-9,13-14,19H,10-11H2,1-4H3,(H,20,23)/t13-,14+/m1/s1. The predicted octanol–water partition coefficient (Wildman–Crippen LogP) is 2.29. The van der Waals surface area contributed by atoms with Crippen LogP contribution in [0.2, 0.25) is 0 Å². The second-order valence-electron chi connectivity index (χ2n) is 7.11. The van der Waals surface area contributed by atoms with E-state index in [1.165, 1.54) is 12.0 Å². The third-order valence-electron chi connectivity index (χ3n) is 3.77. The Labute approximate surface area is 157 Å². The summed E-state index contributed by atoms with van der Waals surface area (Å²) in [5.41, 5.74) is 2.07. The summed E-state index contributed by atoms with van der Waals surface area (Å²) in [6.07, 6.45) is -1.42. The lowest BCUT2D eigenvalue weighted by atomic mass is 10.1. The van der Waals surface area contributed by atoms with Crippen molar-refractivity contribution in [3.05, 3.63) is 30.3 Å². The van der Waals surface area contributed by atoms with Gasteiger partial charge in [0, 0.05) is 24.7 Å². The molecule has 148 valence electrons. The maximum absolute atomic E-state index is 12.3. The van der Waals surface area contributed by atoms with E-state index in [1.54, 1.807) is 20.8 Å². The maximum atomic E-state index is 12.3. The van der Waals surface area contributed by atoms with Gasteiger partial charge in [-0.1, -0.05) is 18.2 Å². The first-order valence-electron chi connectivity index (χ1n) is 8.55. The molecule has 0 aromatic heterocycles. The molecule has 1 fully saturated rings. The van der Waals surface area contributed by atoms with Crippen LogP contribution in [0.3, 0.4) is 0 Å². The Kier molecular flexibility index (Phi) is 6.49. The number of hydrogen-bond donors (Lipinski definition) is 2. The Morgan fingerprint density at radius 3 is 2.41 bits per heavy atom. The lowest BCUT2D eigenvalue weighted by molar-refractivity contribution is -0.145. The number of likely N-dealkylation sites (tertiary alicyclic amines) is 1. The topological polar surface area (TPSA) is 106 Å². The van der Waals surface area contributed by atoms with Crippen molar-refractivity contribution in [1.82, 2.24) is 10.4 Å². The van der Waals surface area contributed by atoms with Gasteiger partial charge in [-0.15, -0.1) is 5.48 Å². The molecule has 27 heavy (non-hydrogen) atoms. The Hall–Kier alpha value is -2.97. The molecule has 1 aliphatic rings. The predicted molar refractivity (Wildman–Crippen MR) is 96.8 cm³/mol. The number of carbonyl (C=O) groups excluding carboxylic acids is 3. The zero-order chi connectivity index (χ0) is 20.0. The molecule has 1 saturated heterocycles. The van der Waals surface area contributed by atoms with Crippen molar-refractivity contribution in [3.63, 3.8) is 0 Å². The molecule has 0 aliphatic carbocycles. The Morgan fingerprint density at radius 1 is 1.15 bits per heavy atom. The van der Waals surface area contributed by atoms with E-state index < -0.39 is 29.8 Å². The third kappa shape index (κ3) is 6.05. The van der Waals surface area contributed by atoms with E-state index in [2.05, 4.69) is 5.32 Å². The number of nitrogens with one attached hydrogen (secondary N) is 2. The molecule has 1 heterocycles. The molecule has 0 unspecified atom stereocenters. The molecule has 2 amide bonds. The van der Waals surface area contributed by atoms with Gasteiger partial charge in [-0.25, -0.2) is 14.4 Å². The molecule has 1 aromatic rings. The molecular weight excluding hydrogens is 354 g/mol. The van der Waals surface area contributed by atoms with Crippen molar-refractivity contribution in [2.24, 2.45) is 0 Å². The van der Waals surface area contributed by atoms with Gasteiger partial charge in [0.05, 0.1) is 7.11 Å². The first-order valence-corrected chi connectivity index (χ1v) is 8.55. The van der Waals surface area contributed by atoms with E-state index in [4.69, 9.17) is 14.3 Å². The van der Waals surface area contributed by atoms with Gasteiger partial charge in [0.1, 0.15) is 11.6 Å². The zero-order valence-electron chi connectivity index (χ0n) is 15.9. The van der Waals surface area contributed by atoms with Crippen LogP contribution in [0.1, 0.15) is 27.2 Å². The Morgan fingerprint density at radius 2 is 1.81 bits per heavy atom. The van der Waals surface area contributed by atoms with Crippen molar-refractivity contribution < 1.29 is 28.7 Å². The number of nitrogens with zero attached hydrogens (tertiary/aromatic N) is 1. The van der Waals surface area contributed by atoms with Crippen LogP contribution in [-0.2, 0) is 19.1 Å². The minimum atomic E-state index is -0.899. The van der Waals surface area contributed by atoms with Gasteiger partial charge in [0.15, 0.2) is 0 Å². The number of ether oxygens (including phenoxy) is 2. The number of amides is 2. The second-order valence-corrected chi connectivity index (χ2v) is 7.11. The van der Waals surface area contributed by atoms with E-state index in [-0.39, 0.29) is 12.6 Å². The highest BCUT2D eigenvalue weighted by molar-refractivity contribution is 5.83. The van der Waals surface area contributed by atoms with Crippen molar-refractivity contribution >= 4 is 23.8 Å². The van der Waals surface area contributed by atoms with Crippen molar-refractivity contribution in [2.45, 2.75) is 44.9 Å². The second kappa shape index (κ2) is 8.61. The van der Waals surface area contributed by atoms with Crippen LogP contribution >= 0.6 is 0 Å². The van der Waals surface area contributed by atoms with Crippen LogP contribution in [-0.4, -0.2) is 54.4 Å². The average molecular weight is 379 g/mol. The van der Waals surface area contributed by atoms with E-state index in [0.717, 1.165) is 5.69 Å². The number of esters is 1. The summed E-state index contributed by atoms with van der Waals surface area (Å²) < 4.78 is 9.77. The van der Waals surface area contributed by atoms with Crippen molar-refractivity contribution in [1.29, 1.82) is 0 Å². The molecule has 9 heteroatoms. The summed E-state index contributed by atoms with van der Waals surface area (Å²) >= 11 is 0.